The van der Waals surface area contributed by atoms with Gasteiger partial charge in [0.1, 0.15) is 11.9 Å². The molecule has 2 aromatic rings. The van der Waals surface area contributed by atoms with Crippen LogP contribution in [0.5, 0.6) is 5.75 Å². The summed E-state index contributed by atoms with van der Waals surface area (Å²) < 4.78 is 7.09. The van der Waals surface area contributed by atoms with Crippen LogP contribution in [0, 0.1) is 0 Å². The van der Waals surface area contributed by atoms with Crippen molar-refractivity contribution < 1.29 is 4.74 Å². The van der Waals surface area contributed by atoms with Gasteiger partial charge in [0.05, 0.1) is 6.04 Å². The van der Waals surface area contributed by atoms with Crippen LogP contribution in [0.1, 0.15) is 10.9 Å². The van der Waals surface area contributed by atoms with Crippen LogP contribution in [0.15, 0.2) is 45.1 Å². The molecular weight excluding hydrogens is 330 g/mol. The zero-order valence-electron chi connectivity index (χ0n) is 9.51. The van der Waals surface area contributed by atoms with E-state index in [0.717, 1.165) is 20.9 Å². The maximum atomic E-state index is 6.31. The summed E-state index contributed by atoms with van der Waals surface area (Å²) in [6.45, 7) is 0. The highest BCUT2D eigenvalue weighted by molar-refractivity contribution is 9.10. The third kappa shape index (κ3) is 2.32. The van der Waals surface area contributed by atoms with Crippen molar-refractivity contribution in [3.63, 3.8) is 0 Å². The molecule has 1 aromatic carbocycles. The predicted octanol–water partition coefficient (Wildman–Crippen LogP) is 4.06. The second-order valence-electron chi connectivity index (χ2n) is 4.07. The molecule has 2 N–H and O–H groups in total. The van der Waals surface area contributed by atoms with Crippen LogP contribution in [-0.4, -0.2) is 11.9 Å². The number of rotatable bonds is 2. The first-order valence-corrected chi connectivity index (χ1v) is 8.28. The normalized spacial score (nSPS) is 20.0. The minimum Gasteiger partial charge on any atom is -0.486 e. The van der Waals surface area contributed by atoms with E-state index < -0.39 is 0 Å². The highest BCUT2D eigenvalue weighted by atomic mass is 79.9. The van der Waals surface area contributed by atoms with Crippen molar-refractivity contribution >= 4 is 39.0 Å². The van der Waals surface area contributed by atoms with E-state index in [-0.39, 0.29) is 12.1 Å². The van der Waals surface area contributed by atoms with Crippen molar-refractivity contribution in [2.75, 3.05) is 5.75 Å². The zero-order chi connectivity index (χ0) is 12.5. The number of thioether (sulfide) groups is 1. The number of benzene rings is 1. The average Bonchev–Trinajstić information content (AvgIpc) is 2.83. The summed E-state index contributed by atoms with van der Waals surface area (Å²) in [6.07, 6.45) is 0.0276. The maximum absolute atomic E-state index is 6.31. The number of halogens is 1. The van der Waals surface area contributed by atoms with Crippen LogP contribution in [-0.2, 0) is 0 Å². The summed E-state index contributed by atoms with van der Waals surface area (Å²) >= 11 is 7.02. The monoisotopic (exact) mass is 341 g/mol. The van der Waals surface area contributed by atoms with Gasteiger partial charge in [-0.15, -0.1) is 23.1 Å². The molecule has 2 nitrogen and oxygen atoms in total. The van der Waals surface area contributed by atoms with Gasteiger partial charge in [-0.25, -0.2) is 0 Å². The molecule has 0 saturated heterocycles. The van der Waals surface area contributed by atoms with Crippen molar-refractivity contribution in [1.82, 2.24) is 0 Å². The molecule has 2 unspecified atom stereocenters. The fourth-order valence-corrected chi connectivity index (χ4v) is 4.67. The van der Waals surface area contributed by atoms with E-state index in [1.54, 1.807) is 11.3 Å². The topological polar surface area (TPSA) is 35.2 Å². The van der Waals surface area contributed by atoms with Crippen LogP contribution in [0.3, 0.4) is 0 Å². The van der Waals surface area contributed by atoms with E-state index in [4.69, 9.17) is 10.5 Å². The summed E-state index contributed by atoms with van der Waals surface area (Å²) in [4.78, 5) is 2.35. The summed E-state index contributed by atoms with van der Waals surface area (Å²) in [5.74, 6) is 1.84. The molecular formula is C13H12BrNOS2. The van der Waals surface area contributed by atoms with Crippen LogP contribution in [0.4, 0.5) is 0 Å². The van der Waals surface area contributed by atoms with Crippen LogP contribution < -0.4 is 10.5 Å². The molecule has 0 amide bonds. The number of nitrogens with two attached hydrogens (primary N) is 1. The molecule has 0 aliphatic carbocycles. The third-order valence-corrected chi connectivity index (χ3v) is 5.99. The van der Waals surface area contributed by atoms with Gasteiger partial charge in [0.2, 0.25) is 0 Å². The second kappa shape index (κ2) is 5.25. The predicted molar refractivity (Wildman–Crippen MR) is 80.5 cm³/mol. The molecule has 1 aliphatic heterocycles. The number of ether oxygens (including phenoxy) is 1. The Morgan fingerprint density at radius 1 is 1.33 bits per heavy atom. The first kappa shape index (κ1) is 12.5. The molecule has 0 radical (unpaired) electrons. The molecule has 5 heteroatoms. The first-order chi connectivity index (χ1) is 8.75. The molecule has 2 atom stereocenters. The Bertz CT molecular complexity index is 557. The molecule has 1 aliphatic rings. The van der Waals surface area contributed by atoms with Gasteiger partial charge in [-0.2, -0.15) is 0 Å². The Labute approximate surface area is 123 Å². The largest absolute Gasteiger partial charge is 0.486 e. The molecule has 18 heavy (non-hydrogen) atoms. The third-order valence-electron chi connectivity index (χ3n) is 2.88. The maximum Gasteiger partial charge on any atom is 0.133 e. The Hall–Kier alpha value is -0.490. The Balaban J connectivity index is 1.82. The SMILES string of the molecule is NC(c1sccc1Br)C1CSc2ccccc2O1. The zero-order valence-corrected chi connectivity index (χ0v) is 12.7. The number of hydrogen-bond acceptors (Lipinski definition) is 4. The first-order valence-electron chi connectivity index (χ1n) is 5.62. The number of thiophene rings is 1. The Kier molecular flexibility index (Phi) is 3.66. The standard InChI is InChI=1S/C13H12BrNOS2/c14-8-5-6-17-13(8)12(15)10-7-18-11-4-2-1-3-9(11)16-10/h1-6,10,12H,7,15H2. The van der Waals surface area contributed by atoms with Gasteiger partial charge in [0, 0.05) is 20.0 Å². The van der Waals surface area contributed by atoms with Gasteiger partial charge >= 0.3 is 0 Å². The van der Waals surface area contributed by atoms with E-state index in [0.29, 0.717) is 0 Å². The molecule has 0 fully saturated rings. The summed E-state index contributed by atoms with van der Waals surface area (Å²) in [5, 5.41) is 2.04. The van der Waals surface area contributed by atoms with Crippen molar-refractivity contribution in [1.29, 1.82) is 0 Å². The van der Waals surface area contributed by atoms with Crippen molar-refractivity contribution in [3.8, 4) is 5.75 Å². The lowest BCUT2D eigenvalue weighted by Crippen LogP contribution is -2.35. The van der Waals surface area contributed by atoms with E-state index in [1.165, 1.54) is 4.90 Å². The quantitative estimate of drug-likeness (QED) is 0.894. The van der Waals surface area contributed by atoms with E-state index in [1.807, 2.05) is 41.4 Å². The van der Waals surface area contributed by atoms with Crippen molar-refractivity contribution in [2.45, 2.75) is 17.0 Å². The fraction of sp³-hybridized carbons (Fsp3) is 0.231. The Morgan fingerprint density at radius 3 is 2.94 bits per heavy atom. The number of hydrogen-bond donors (Lipinski definition) is 1. The van der Waals surface area contributed by atoms with Crippen LogP contribution in [0.2, 0.25) is 0 Å². The summed E-state index contributed by atoms with van der Waals surface area (Å²) in [6, 6.07) is 10.1. The molecule has 3 rings (SSSR count). The molecule has 0 saturated carbocycles. The minimum absolute atomic E-state index is 0.0276. The van der Waals surface area contributed by atoms with Gasteiger partial charge in [0.25, 0.3) is 0 Å². The summed E-state index contributed by atoms with van der Waals surface area (Å²) in [5.41, 5.74) is 6.31. The van der Waals surface area contributed by atoms with Crippen LogP contribution in [0.25, 0.3) is 0 Å². The van der Waals surface area contributed by atoms with Gasteiger partial charge in [-0.3, -0.25) is 0 Å². The lowest BCUT2D eigenvalue weighted by molar-refractivity contribution is 0.186. The van der Waals surface area contributed by atoms with Crippen LogP contribution >= 0.6 is 39.0 Å². The Morgan fingerprint density at radius 2 is 2.17 bits per heavy atom. The molecule has 2 heterocycles. The lowest BCUT2D eigenvalue weighted by atomic mass is 10.1. The molecule has 0 spiro atoms. The lowest BCUT2D eigenvalue weighted by Gasteiger charge is -2.29. The molecule has 0 bridgehead atoms. The fourth-order valence-electron chi connectivity index (χ4n) is 1.92. The summed E-state index contributed by atoms with van der Waals surface area (Å²) in [7, 11) is 0. The second-order valence-corrected chi connectivity index (χ2v) is 6.94. The van der Waals surface area contributed by atoms with E-state index >= 15 is 0 Å². The van der Waals surface area contributed by atoms with Gasteiger partial charge in [-0.1, -0.05) is 12.1 Å². The number of fused-ring (bicyclic) bond motifs is 1. The van der Waals surface area contributed by atoms with Gasteiger partial charge in [0.15, 0.2) is 0 Å². The van der Waals surface area contributed by atoms with Crippen molar-refractivity contribution in [3.05, 3.63) is 45.1 Å². The highest BCUT2D eigenvalue weighted by Crippen LogP contribution is 2.39. The van der Waals surface area contributed by atoms with E-state index in [9.17, 15) is 0 Å². The molecule has 1 aromatic heterocycles. The molecule has 94 valence electrons. The smallest absolute Gasteiger partial charge is 0.133 e. The average molecular weight is 342 g/mol. The highest BCUT2D eigenvalue weighted by Gasteiger charge is 2.28. The van der Waals surface area contributed by atoms with Gasteiger partial charge in [-0.05, 0) is 39.5 Å². The van der Waals surface area contributed by atoms with Gasteiger partial charge < -0.3 is 10.5 Å². The van der Waals surface area contributed by atoms with Crippen molar-refractivity contribution in [2.24, 2.45) is 5.73 Å². The minimum atomic E-state index is -0.0831. The number of para-hydroxylation sites is 1. The van der Waals surface area contributed by atoms with E-state index in [2.05, 4.69) is 22.0 Å².